The standard InChI is InChI=1S/C21H22F2N4O3/c1-26-20(24-14-25-26)19(11-16-7-8-17(22)12-18(16)23)27(9-10-28)21(29)30-13-15-5-3-2-4-6-15/h2-8,12,14,19,28H,9-11,13H2,1H3. The Morgan fingerprint density at radius 3 is 2.63 bits per heavy atom. The molecule has 158 valence electrons. The maximum atomic E-state index is 14.3. The molecule has 30 heavy (non-hydrogen) atoms. The van der Waals surface area contributed by atoms with Crippen LogP contribution in [0.2, 0.25) is 0 Å². The fraction of sp³-hybridized carbons (Fsp3) is 0.286. The van der Waals surface area contributed by atoms with Crippen LogP contribution in [0.3, 0.4) is 0 Å². The van der Waals surface area contributed by atoms with Crippen molar-refractivity contribution in [3.63, 3.8) is 0 Å². The molecule has 1 heterocycles. The number of carbonyl (C=O) groups is 1. The zero-order valence-electron chi connectivity index (χ0n) is 16.4. The van der Waals surface area contributed by atoms with Crippen LogP contribution in [-0.4, -0.2) is 44.0 Å². The van der Waals surface area contributed by atoms with Crippen molar-refractivity contribution in [2.24, 2.45) is 7.05 Å². The van der Waals surface area contributed by atoms with Gasteiger partial charge in [-0.1, -0.05) is 36.4 Å². The third kappa shape index (κ3) is 5.18. The largest absolute Gasteiger partial charge is 0.445 e. The Kier molecular flexibility index (Phi) is 7.08. The van der Waals surface area contributed by atoms with Gasteiger partial charge in [-0.25, -0.2) is 18.6 Å². The maximum Gasteiger partial charge on any atom is 0.410 e. The van der Waals surface area contributed by atoms with Gasteiger partial charge < -0.3 is 9.84 Å². The molecule has 0 aliphatic rings. The zero-order chi connectivity index (χ0) is 21.5. The van der Waals surface area contributed by atoms with Gasteiger partial charge in [-0.15, -0.1) is 0 Å². The van der Waals surface area contributed by atoms with Gasteiger partial charge in [0.25, 0.3) is 0 Å². The molecule has 2 aromatic carbocycles. The molecule has 3 aromatic rings. The predicted octanol–water partition coefficient (Wildman–Crippen LogP) is 3.01. The quantitative estimate of drug-likeness (QED) is 0.611. The zero-order valence-corrected chi connectivity index (χ0v) is 16.4. The van der Waals surface area contributed by atoms with E-state index in [1.54, 1.807) is 7.05 Å². The van der Waals surface area contributed by atoms with Gasteiger partial charge in [-0.05, 0) is 17.2 Å². The number of aryl methyl sites for hydroxylation is 1. The van der Waals surface area contributed by atoms with Crippen LogP contribution >= 0.6 is 0 Å². The highest BCUT2D eigenvalue weighted by molar-refractivity contribution is 5.68. The van der Waals surface area contributed by atoms with Crippen molar-refractivity contribution in [1.29, 1.82) is 0 Å². The van der Waals surface area contributed by atoms with Gasteiger partial charge in [0.1, 0.15) is 30.4 Å². The van der Waals surface area contributed by atoms with Gasteiger partial charge in [-0.3, -0.25) is 9.58 Å². The number of benzene rings is 2. The molecule has 0 aliphatic heterocycles. The van der Waals surface area contributed by atoms with Crippen LogP contribution in [0.1, 0.15) is 23.0 Å². The molecule has 0 bridgehead atoms. The lowest BCUT2D eigenvalue weighted by molar-refractivity contribution is 0.0685. The highest BCUT2D eigenvalue weighted by Gasteiger charge is 2.30. The first-order chi connectivity index (χ1) is 14.5. The number of rotatable bonds is 8. The van der Waals surface area contributed by atoms with Crippen LogP contribution in [0.25, 0.3) is 0 Å². The first-order valence-electron chi connectivity index (χ1n) is 9.35. The van der Waals surface area contributed by atoms with Gasteiger partial charge in [0.15, 0.2) is 0 Å². The molecule has 1 atom stereocenters. The predicted molar refractivity (Wildman–Crippen MR) is 104 cm³/mol. The summed E-state index contributed by atoms with van der Waals surface area (Å²) in [6, 6.07) is 11.6. The van der Waals surface area contributed by atoms with Crippen LogP contribution < -0.4 is 0 Å². The first kappa shape index (κ1) is 21.4. The molecule has 9 heteroatoms. The number of hydrogen-bond acceptors (Lipinski definition) is 5. The van der Waals surface area contributed by atoms with Crippen LogP contribution in [0, 0.1) is 11.6 Å². The van der Waals surface area contributed by atoms with Gasteiger partial charge in [0.2, 0.25) is 0 Å². The summed E-state index contributed by atoms with van der Waals surface area (Å²) < 4.78 is 34.5. The van der Waals surface area contributed by atoms with Gasteiger partial charge in [0, 0.05) is 26.1 Å². The van der Waals surface area contributed by atoms with Crippen molar-refractivity contribution in [3.05, 3.63) is 83.4 Å². The number of aromatic nitrogens is 3. The number of hydrogen-bond donors (Lipinski definition) is 1. The average Bonchev–Trinajstić information content (AvgIpc) is 3.16. The van der Waals surface area contributed by atoms with Gasteiger partial charge >= 0.3 is 6.09 Å². The Balaban J connectivity index is 1.87. The Labute approximate surface area is 172 Å². The second kappa shape index (κ2) is 9.93. The minimum atomic E-state index is -0.784. The summed E-state index contributed by atoms with van der Waals surface area (Å²) in [6.45, 7) is -0.354. The second-order valence-corrected chi connectivity index (χ2v) is 6.65. The lowest BCUT2D eigenvalue weighted by Gasteiger charge is -2.30. The first-order valence-corrected chi connectivity index (χ1v) is 9.35. The number of aliphatic hydroxyl groups excluding tert-OH is 1. The SMILES string of the molecule is Cn1ncnc1C(Cc1ccc(F)cc1F)N(CCO)C(=O)OCc1ccccc1. The van der Waals surface area contributed by atoms with Crippen molar-refractivity contribution < 1.29 is 23.4 Å². The highest BCUT2D eigenvalue weighted by Crippen LogP contribution is 2.26. The van der Waals surface area contributed by atoms with Crippen LogP contribution in [0.5, 0.6) is 0 Å². The molecule has 0 spiro atoms. The molecule has 1 aromatic heterocycles. The summed E-state index contributed by atoms with van der Waals surface area (Å²) in [5.74, 6) is -1.05. The van der Waals surface area contributed by atoms with E-state index in [0.717, 1.165) is 17.7 Å². The lowest BCUT2D eigenvalue weighted by Crippen LogP contribution is -2.39. The minimum Gasteiger partial charge on any atom is -0.445 e. The Morgan fingerprint density at radius 2 is 2.00 bits per heavy atom. The summed E-state index contributed by atoms with van der Waals surface area (Å²) in [5.41, 5.74) is 0.998. The van der Waals surface area contributed by atoms with E-state index in [9.17, 15) is 18.7 Å². The molecular formula is C21H22F2N4O3. The topological polar surface area (TPSA) is 80.5 Å². The van der Waals surface area contributed by atoms with Crippen molar-refractivity contribution in [1.82, 2.24) is 19.7 Å². The van der Waals surface area contributed by atoms with Crippen molar-refractivity contribution in [3.8, 4) is 0 Å². The molecule has 7 nitrogen and oxygen atoms in total. The normalized spacial score (nSPS) is 11.9. The van der Waals surface area contributed by atoms with Gasteiger partial charge in [-0.2, -0.15) is 5.10 Å². The Bertz CT molecular complexity index is 981. The van der Waals surface area contributed by atoms with Crippen molar-refractivity contribution in [2.45, 2.75) is 19.1 Å². The summed E-state index contributed by atoms with van der Waals surface area (Å²) in [7, 11) is 1.64. The summed E-state index contributed by atoms with van der Waals surface area (Å²) in [4.78, 5) is 18.3. The van der Waals surface area contributed by atoms with Crippen LogP contribution in [0.4, 0.5) is 13.6 Å². The molecule has 0 aliphatic carbocycles. The molecular weight excluding hydrogens is 394 g/mol. The number of amides is 1. The van der Waals surface area contributed by atoms with Gasteiger partial charge in [0.05, 0.1) is 12.6 Å². The Morgan fingerprint density at radius 1 is 1.23 bits per heavy atom. The van der Waals surface area contributed by atoms with Crippen molar-refractivity contribution in [2.75, 3.05) is 13.2 Å². The molecule has 0 saturated carbocycles. The molecule has 0 saturated heterocycles. The van der Waals surface area contributed by atoms with Crippen LogP contribution in [-0.2, 0) is 24.8 Å². The van der Waals surface area contributed by atoms with E-state index in [1.165, 1.54) is 22.0 Å². The fourth-order valence-corrected chi connectivity index (χ4v) is 3.13. The minimum absolute atomic E-state index is 0.000909. The van der Waals surface area contributed by atoms with E-state index in [4.69, 9.17) is 4.74 Å². The van der Waals surface area contributed by atoms with E-state index in [1.807, 2.05) is 30.3 Å². The fourth-order valence-electron chi connectivity index (χ4n) is 3.13. The highest BCUT2D eigenvalue weighted by atomic mass is 19.1. The summed E-state index contributed by atoms with van der Waals surface area (Å²) >= 11 is 0. The Hall–Kier alpha value is -3.33. The number of halogens is 2. The number of aliphatic hydroxyl groups is 1. The number of nitrogens with zero attached hydrogens (tertiary/aromatic N) is 4. The van der Waals surface area contributed by atoms with E-state index in [0.29, 0.717) is 5.82 Å². The van der Waals surface area contributed by atoms with E-state index in [-0.39, 0.29) is 31.7 Å². The third-order valence-corrected chi connectivity index (χ3v) is 4.63. The number of carbonyl (C=O) groups excluding carboxylic acids is 1. The smallest absolute Gasteiger partial charge is 0.410 e. The maximum absolute atomic E-state index is 14.3. The molecule has 1 amide bonds. The molecule has 0 radical (unpaired) electrons. The summed E-state index contributed by atoms with van der Waals surface area (Å²) in [6.07, 6.45) is 0.623. The molecule has 3 rings (SSSR count). The molecule has 1 unspecified atom stereocenters. The monoisotopic (exact) mass is 416 g/mol. The second-order valence-electron chi connectivity index (χ2n) is 6.65. The van der Waals surface area contributed by atoms with E-state index in [2.05, 4.69) is 10.1 Å². The molecule has 1 N–H and O–H groups in total. The van der Waals surface area contributed by atoms with E-state index < -0.39 is 23.8 Å². The third-order valence-electron chi connectivity index (χ3n) is 4.63. The molecule has 0 fully saturated rings. The lowest BCUT2D eigenvalue weighted by atomic mass is 10.0. The van der Waals surface area contributed by atoms with Crippen LogP contribution in [0.15, 0.2) is 54.9 Å². The van der Waals surface area contributed by atoms with Crippen molar-refractivity contribution >= 4 is 6.09 Å². The summed E-state index contributed by atoms with van der Waals surface area (Å²) in [5, 5.41) is 13.5. The number of ether oxygens (including phenoxy) is 1. The van der Waals surface area contributed by atoms with E-state index >= 15 is 0 Å². The average molecular weight is 416 g/mol.